The molecule has 0 aromatic heterocycles. The van der Waals surface area contributed by atoms with Crippen molar-refractivity contribution >= 4 is 17.5 Å². The van der Waals surface area contributed by atoms with E-state index in [0.29, 0.717) is 43.3 Å². The number of nitrogens with zero attached hydrogens (tertiary/aromatic N) is 1. The average molecular weight is 368 g/mol. The molecule has 0 spiro atoms. The van der Waals surface area contributed by atoms with Crippen molar-refractivity contribution in [3.63, 3.8) is 0 Å². The molecule has 1 aliphatic rings. The van der Waals surface area contributed by atoms with Crippen LogP contribution in [0.4, 0.5) is 5.69 Å². The lowest BCUT2D eigenvalue weighted by atomic mass is 10.0. The van der Waals surface area contributed by atoms with Crippen LogP contribution < -0.4 is 10.1 Å². The number of carbonyl (C=O) groups is 2. The third-order valence-corrected chi connectivity index (χ3v) is 4.55. The van der Waals surface area contributed by atoms with Crippen LogP contribution in [0.15, 0.2) is 48.5 Å². The third-order valence-electron chi connectivity index (χ3n) is 4.55. The van der Waals surface area contributed by atoms with Crippen molar-refractivity contribution in [3.05, 3.63) is 59.7 Å². The summed E-state index contributed by atoms with van der Waals surface area (Å²) in [6.07, 6.45) is -0.662. The molecule has 1 saturated heterocycles. The minimum Gasteiger partial charge on any atom is -0.481 e. The molecule has 2 aromatic carbocycles. The molecule has 1 N–H and O–H groups in total. The zero-order valence-electron chi connectivity index (χ0n) is 15.6. The van der Waals surface area contributed by atoms with E-state index in [1.54, 1.807) is 42.2 Å². The van der Waals surface area contributed by atoms with Crippen molar-refractivity contribution in [2.75, 3.05) is 31.6 Å². The fourth-order valence-electron chi connectivity index (χ4n) is 2.93. The van der Waals surface area contributed by atoms with Crippen molar-refractivity contribution in [1.82, 2.24) is 4.90 Å². The molecule has 2 amide bonds. The summed E-state index contributed by atoms with van der Waals surface area (Å²) in [7, 11) is 0. The summed E-state index contributed by atoms with van der Waals surface area (Å²) in [5, 5.41) is 2.87. The van der Waals surface area contributed by atoms with E-state index < -0.39 is 6.10 Å². The lowest BCUT2D eigenvalue weighted by Gasteiger charge is -2.27. The lowest BCUT2D eigenvalue weighted by molar-refractivity contribution is -0.122. The number of anilines is 1. The first-order valence-electron chi connectivity index (χ1n) is 9.05. The molecule has 1 fully saturated rings. The summed E-state index contributed by atoms with van der Waals surface area (Å²) in [6.45, 7) is 5.80. The van der Waals surface area contributed by atoms with Gasteiger partial charge in [-0.3, -0.25) is 9.59 Å². The third kappa shape index (κ3) is 4.65. The molecule has 0 bridgehead atoms. The number of benzene rings is 2. The van der Waals surface area contributed by atoms with Crippen LogP contribution in [-0.2, 0) is 9.53 Å². The first-order valence-corrected chi connectivity index (χ1v) is 9.05. The van der Waals surface area contributed by atoms with E-state index in [0.717, 1.165) is 5.56 Å². The van der Waals surface area contributed by atoms with E-state index >= 15 is 0 Å². The van der Waals surface area contributed by atoms with E-state index in [-0.39, 0.29) is 11.8 Å². The molecule has 1 atom stereocenters. The molecule has 1 unspecified atom stereocenters. The Morgan fingerprint density at radius 2 is 1.78 bits per heavy atom. The van der Waals surface area contributed by atoms with Gasteiger partial charge in [0, 0.05) is 24.3 Å². The Morgan fingerprint density at radius 1 is 1.07 bits per heavy atom. The first-order chi connectivity index (χ1) is 13.1. The Morgan fingerprint density at radius 3 is 2.48 bits per heavy atom. The van der Waals surface area contributed by atoms with Crippen molar-refractivity contribution in [3.8, 4) is 5.75 Å². The van der Waals surface area contributed by atoms with Crippen LogP contribution in [-0.4, -0.2) is 49.1 Å². The summed E-state index contributed by atoms with van der Waals surface area (Å²) in [5.41, 5.74) is 1.95. The predicted molar refractivity (Wildman–Crippen MR) is 103 cm³/mol. The second-order valence-corrected chi connectivity index (χ2v) is 6.45. The Balaban J connectivity index is 1.69. The standard InChI is InChI=1S/C21H24N2O4/c1-15-18(21(25)23-11-13-26-14-12-23)9-6-10-19(15)22-20(24)16(2)27-17-7-4-3-5-8-17/h3-10,16H,11-14H2,1-2H3,(H,22,24). The van der Waals surface area contributed by atoms with Gasteiger partial charge in [-0.2, -0.15) is 0 Å². The van der Waals surface area contributed by atoms with Gasteiger partial charge in [0.25, 0.3) is 11.8 Å². The van der Waals surface area contributed by atoms with Crippen molar-refractivity contribution in [2.45, 2.75) is 20.0 Å². The molecule has 6 nitrogen and oxygen atoms in total. The number of carbonyl (C=O) groups excluding carboxylic acids is 2. The number of rotatable bonds is 5. The van der Waals surface area contributed by atoms with E-state index in [1.165, 1.54) is 0 Å². The zero-order valence-corrected chi connectivity index (χ0v) is 15.6. The Bertz CT molecular complexity index is 801. The Kier molecular flexibility index (Phi) is 6.08. The summed E-state index contributed by atoms with van der Waals surface area (Å²) < 4.78 is 11.0. The van der Waals surface area contributed by atoms with E-state index in [4.69, 9.17) is 9.47 Å². The highest BCUT2D eigenvalue weighted by atomic mass is 16.5. The molecule has 6 heteroatoms. The van der Waals surface area contributed by atoms with Gasteiger partial charge in [-0.05, 0) is 43.7 Å². The summed E-state index contributed by atoms with van der Waals surface area (Å²) >= 11 is 0. The highest BCUT2D eigenvalue weighted by molar-refractivity contribution is 6.00. The topological polar surface area (TPSA) is 67.9 Å². The van der Waals surface area contributed by atoms with Crippen LogP contribution in [0, 0.1) is 6.92 Å². The minimum absolute atomic E-state index is 0.0412. The molecule has 2 aromatic rings. The van der Waals surface area contributed by atoms with Crippen molar-refractivity contribution in [1.29, 1.82) is 0 Å². The molecule has 27 heavy (non-hydrogen) atoms. The Hall–Kier alpha value is -2.86. The predicted octanol–water partition coefficient (Wildman–Crippen LogP) is 2.87. The fraction of sp³-hybridized carbons (Fsp3) is 0.333. The number of para-hydroxylation sites is 1. The smallest absolute Gasteiger partial charge is 0.265 e. The van der Waals surface area contributed by atoms with E-state index in [2.05, 4.69) is 5.32 Å². The normalized spacial score (nSPS) is 15.1. The number of hydrogen-bond acceptors (Lipinski definition) is 4. The molecule has 0 saturated carbocycles. The molecule has 0 aliphatic carbocycles. The number of morpholine rings is 1. The van der Waals surface area contributed by atoms with Gasteiger partial charge in [0.05, 0.1) is 13.2 Å². The molecule has 1 aliphatic heterocycles. The fourth-order valence-corrected chi connectivity index (χ4v) is 2.93. The number of nitrogens with one attached hydrogen (secondary N) is 1. The summed E-state index contributed by atoms with van der Waals surface area (Å²) in [6, 6.07) is 14.5. The monoisotopic (exact) mass is 368 g/mol. The Labute approximate surface area is 159 Å². The zero-order chi connectivity index (χ0) is 19.2. The van der Waals surface area contributed by atoms with Crippen LogP contribution in [0.3, 0.4) is 0 Å². The molecular formula is C21H24N2O4. The van der Waals surface area contributed by atoms with Gasteiger partial charge >= 0.3 is 0 Å². The van der Waals surface area contributed by atoms with Crippen LogP contribution in [0.25, 0.3) is 0 Å². The summed E-state index contributed by atoms with van der Waals surface area (Å²) in [5.74, 6) is 0.325. The van der Waals surface area contributed by atoms with E-state index in [1.807, 2.05) is 25.1 Å². The largest absolute Gasteiger partial charge is 0.481 e. The second-order valence-electron chi connectivity index (χ2n) is 6.45. The highest BCUT2D eigenvalue weighted by Gasteiger charge is 2.22. The maximum Gasteiger partial charge on any atom is 0.265 e. The molecule has 1 heterocycles. The number of amides is 2. The minimum atomic E-state index is -0.662. The molecular weight excluding hydrogens is 344 g/mol. The van der Waals surface area contributed by atoms with Gasteiger partial charge in [0.2, 0.25) is 0 Å². The van der Waals surface area contributed by atoms with Crippen LogP contribution in [0.2, 0.25) is 0 Å². The highest BCUT2D eigenvalue weighted by Crippen LogP contribution is 2.22. The average Bonchev–Trinajstić information content (AvgIpc) is 2.70. The van der Waals surface area contributed by atoms with Gasteiger partial charge in [0.15, 0.2) is 6.10 Å². The number of hydrogen-bond donors (Lipinski definition) is 1. The first kappa shape index (κ1) is 18.9. The summed E-state index contributed by atoms with van der Waals surface area (Å²) in [4.78, 5) is 27.0. The van der Waals surface area contributed by atoms with Crippen LogP contribution in [0.1, 0.15) is 22.8 Å². The van der Waals surface area contributed by atoms with Crippen molar-refractivity contribution < 1.29 is 19.1 Å². The van der Waals surface area contributed by atoms with Gasteiger partial charge in [0.1, 0.15) is 5.75 Å². The maximum absolute atomic E-state index is 12.8. The van der Waals surface area contributed by atoms with Gasteiger partial charge < -0.3 is 19.7 Å². The van der Waals surface area contributed by atoms with Crippen LogP contribution in [0.5, 0.6) is 5.75 Å². The maximum atomic E-state index is 12.8. The molecule has 142 valence electrons. The van der Waals surface area contributed by atoms with Crippen LogP contribution >= 0.6 is 0 Å². The number of ether oxygens (including phenoxy) is 2. The van der Waals surface area contributed by atoms with E-state index in [9.17, 15) is 9.59 Å². The van der Waals surface area contributed by atoms with Gasteiger partial charge in [-0.15, -0.1) is 0 Å². The van der Waals surface area contributed by atoms with Gasteiger partial charge in [-0.25, -0.2) is 0 Å². The SMILES string of the molecule is Cc1c(NC(=O)C(C)Oc2ccccc2)cccc1C(=O)N1CCOCC1. The lowest BCUT2D eigenvalue weighted by Crippen LogP contribution is -2.41. The molecule has 0 radical (unpaired) electrons. The van der Waals surface area contributed by atoms with Crippen molar-refractivity contribution in [2.24, 2.45) is 0 Å². The van der Waals surface area contributed by atoms with Gasteiger partial charge in [-0.1, -0.05) is 24.3 Å². The quantitative estimate of drug-likeness (QED) is 0.881. The molecule has 3 rings (SSSR count). The second kappa shape index (κ2) is 8.68.